The molecular formula is C56H49BBrF9N11O13S3. The molecule has 0 aliphatic heterocycles. The normalized spacial score (nSPS) is 11.3. The topological polar surface area (TPSA) is 354 Å². The third-order valence-corrected chi connectivity index (χ3v) is 14.8. The Morgan fingerprint density at radius 1 is 0.511 bits per heavy atom. The number of aromatic nitrogens is 10. The van der Waals surface area contributed by atoms with E-state index in [0.29, 0.717) is 36.0 Å². The first-order valence-electron chi connectivity index (χ1n) is 25.2. The van der Waals surface area contributed by atoms with Gasteiger partial charge in [-0.15, -0.1) is 3.63 Å². The molecule has 4 aromatic carbocycles. The van der Waals surface area contributed by atoms with Gasteiger partial charge in [0.15, 0.2) is 11.5 Å². The van der Waals surface area contributed by atoms with E-state index in [1.54, 1.807) is 78.8 Å². The molecule has 10 rings (SSSR count). The lowest BCUT2D eigenvalue weighted by Crippen LogP contribution is -2.34. The van der Waals surface area contributed by atoms with Gasteiger partial charge in [-0.2, -0.15) is 64.8 Å². The van der Waals surface area contributed by atoms with Gasteiger partial charge in [0.1, 0.15) is 27.4 Å². The Hall–Kier alpha value is -9.76. The highest BCUT2D eigenvalue weighted by Crippen LogP contribution is 2.36. The number of carbonyl (C=O) groups is 1. The molecule has 0 unspecified atom stereocenters. The highest BCUT2D eigenvalue weighted by atomic mass is 79.9. The van der Waals surface area contributed by atoms with Crippen LogP contribution in [0.1, 0.15) is 40.7 Å². The van der Waals surface area contributed by atoms with Crippen molar-refractivity contribution in [2.45, 2.75) is 51.6 Å². The summed E-state index contributed by atoms with van der Waals surface area (Å²) in [6, 6.07) is 30.6. The smallest absolute Gasteiger partial charge is 0.535 e. The van der Waals surface area contributed by atoms with Crippen LogP contribution in [0.4, 0.5) is 39.5 Å². The summed E-state index contributed by atoms with van der Waals surface area (Å²) in [6.45, 7) is 7.33. The molecular weight excluding hydrogens is 1390 g/mol. The molecule has 6 heterocycles. The number of nitrogens with two attached hydrogens (primary N) is 1. The monoisotopic (exact) mass is 1440 g/mol. The summed E-state index contributed by atoms with van der Waals surface area (Å²) in [7, 11) is -18.9. The lowest BCUT2D eigenvalue weighted by Gasteiger charge is -2.12. The zero-order chi connectivity index (χ0) is 69.1. The van der Waals surface area contributed by atoms with E-state index in [-0.39, 0.29) is 35.9 Å². The Labute approximate surface area is 538 Å². The summed E-state index contributed by atoms with van der Waals surface area (Å²) in [5, 5.41) is 26.8. The predicted octanol–water partition coefficient (Wildman–Crippen LogP) is 10.9. The van der Waals surface area contributed by atoms with Crippen LogP contribution in [0.15, 0.2) is 176 Å². The first-order valence-corrected chi connectivity index (χ1v) is 30.3. The van der Waals surface area contributed by atoms with E-state index in [1.807, 2.05) is 79.1 Å². The third kappa shape index (κ3) is 22.0. The number of hydrogen-bond acceptors (Lipinski definition) is 22. The van der Waals surface area contributed by atoms with Gasteiger partial charge in [0.2, 0.25) is 0 Å². The number of rotatable bonds is 11. The molecule has 0 aliphatic carbocycles. The van der Waals surface area contributed by atoms with Crippen molar-refractivity contribution in [3.63, 3.8) is 0 Å². The number of phenols is 2. The van der Waals surface area contributed by atoms with E-state index in [9.17, 15) is 74.7 Å². The van der Waals surface area contributed by atoms with Gasteiger partial charge >= 0.3 is 54.6 Å². The number of phenolic OH excluding ortho intramolecular Hbond substituents is 2. The molecule has 10 aromatic rings. The number of hydrogen-bond donors (Lipinski definition) is 4. The van der Waals surface area contributed by atoms with E-state index in [0.717, 1.165) is 50.1 Å². The number of imidazole rings is 1. The summed E-state index contributed by atoms with van der Waals surface area (Å²) < 4.78 is 181. The van der Waals surface area contributed by atoms with Crippen molar-refractivity contribution in [3.8, 4) is 67.9 Å². The summed E-state index contributed by atoms with van der Waals surface area (Å²) in [5.74, 6) is -0.498. The molecule has 0 atom stereocenters. The van der Waals surface area contributed by atoms with Crippen molar-refractivity contribution < 1.29 is 97.3 Å². The van der Waals surface area contributed by atoms with Crippen LogP contribution < -0.4 is 14.6 Å². The number of primary amides is 1. The van der Waals surface area contributed by atoms with Crippen LogP contribution in [0.5, 0.6) is 23.0 Å². The molecule has 24 nitrogen and oxygen atoms in total. The largest absolute Gasteiger partial charge is 0.569 e. The fourth-order valence-electron chi connectivity index (χ4n) is 6.91. The molecule has 6 aromatic heterocycles. The van der Waals surface area contributed by atoms with Crippen molar-refractivity contribution in [3.05, 3.63) is 204 Å². The molecule has 1 radical (unpaired) electrons. The van der Waals surface area contributed by atoms with Crippen molar-refractivity contribution >= 4 is 65.5 Å². The fraction of sp³-hybridized carbons (Fsp3) is 0.143. The standard InChI is InChI=1S/C19H15N5O.C12H9F3N2O3S.C11H10N2O.C6H6BO3.C5H5BrN2.C2F6O5S2.CH4/c1-12-8-21-9-16(23-12)15-5-3-2-4-14(15)13-6-7-18-22-10-17(19(20)25)24(18)11-13;1-8-6-16-7-10(17-8)9-4-2-3-5-11(9)20-21(18,19)12(13,14)15;1-8-6-12-7-10(13-8)9-4-2-3-5-11(9)14;8-5-3-1-2-4-6(5)10-7-9;1-4-2-7-3-5(6)8-4;3-1(4,5)14(9,10)13-15(11,12)2(6,7)8;/h2-11H,1H3,(H2,20,25);2-7H,1H3;2-7,14H,1H3;1-4,8-9H;2-3H,1H3;;1H4. The molecule has 5 N–H and O–H groups in total. The fourth-order valence-corrected chi connectivity index (χ4v) is 9.34. The molecule has 1 amide bonds. The number of benzene rings is 4. The minimum Gasteiger partial charge on any atom is -0.535 e. The first kappa shape index (κ1) is 76.7. The number of amides is 1. The van der Waals surface area contributed by atoms with Crippen LogP contribution in [0.3, 0.4) is 0 Å². The molecule has 0 saturated carbocycles. The quantitative estimate of drug-likeness (QED) is 0.0404. The third-order valence-electron chi connectivity index (χ3n) is 10.9. The Bertz CT molecular complexity index is 4510. The first-order chi connectivity index (χ1) is 43.4. The van der Waals surface area contributed by atoms with E-state index in [1.165, 1.54) is 42.9 Å². The van der Waals surface area contributed by atoms with Crippen LogP contribution in [0.25, 0.3) is 50.5 Å². The van der Waals surface area contributed by atoms with E-state index in [2.05, 4.69) is 69.6 Å². The summed E-state index contributed by atoms with van der Waals surface area (Å²) in [4.78, 5) is 48.8. The Kier molecular flexibility index (Phi) is 27.1. The summed E-state index contributed by atoms with van der Waals surface area (Å²) >= 11 is 3.19. The van der Waals surface area contributed by atoms with Gasteiger partial charge in [-0.25, -0.2) is 24.9 Å². The van der Waals surface area contributed by atoms with Gasteiger partial charge < -0.3 is 29.8 Å². The SMILES string of the molecule is C.Cc1cncc(-c2ccccc2-c2ccc3ncc(C(N)=O)n3c2)n1.Cc1cncc(-c2ccccc2O)n1.Cc1cncc(-c2ccccc2OS(=O)(=O)C(F)(F)F)n1.Cc1cncc(Br)n1.O=S(=O)(OS(=O)(=O)C(F)(F)F)C(F)(F)F.O[B]Oc1ccccc1O. The maximum absolute atomic E-state index is 12.4. The van der Waals surface area contributed by atoms with Crippen molar-refractivity contribution in [1.29, 1.82) is 0 Å². The minimum absolute atomic E-state index is 0. The Morgan fingerprint density at radius 2 is 0.915 bits per heavy atom. The van der Waals surface area contributed by atoms with Crippen molar-refractivity contribution in [2.75, 3.05) is 0 Å². The summed E-state index contributed by atoms with van der Waals surface area (Å²) in [5.41, 5.74) is -2.99. The van der Waals surface area contributed by atoms with Crippen LogP contribution in [-0.4, -0.2) is 120 Å². The van der Waals surface area contributed by atoms with Gasteiger partial charge in [-0.3, -0.25) is 29.1 Å². The number of halogens is 10. The molecule has 497 valence electrons. The number of nitrogens with zero attached hydrogens (tertiary/aromatic N) is 10. The number of pyridine rings is 1. The molecule has 0 fully saturated rings. The number of fused-ring (bicyclic) bond motifs is 1. The second-order valence-corrected chi connectivity index (χ2v) is 23.5. The average molecular weight is 1440 g/mol. The zero-order valence-electron chi connectivity index (χ0n) is 47.7. The summed E-state index contributed by atoms with van der Waals surface area (Å²) in [6.07, 6.45) is 16.3. The van der Waals surface area contributed by atoms with Gasteiger partial charge in [0.05, 0.1) is 70.8 Å². The number of alkyl halides is 9. The maximum atomic E-state index is 12.4. The highest BCUT2D eigenvalue weighted by molar-refractivity contribution is 9.10. The van der Waals surface area contributed by atoms with E-state index < -0.39 is 58.5 Å². The molecule has 0 spiro atoms. The van der Waals surface area contributed by atoms with Gasteiger partial charge in [0, 0.05) is 47.7 Å². The van der Waals surface area contributed by atoms with Gasteiger partial charge in [-0.1, -0.05) is 68.1 Å². The number of aromatic hydroxyl groups is 2. The van der Waals surface area contributed by atoms with Crippen molar-refractivity contribution in [1.82, 2.24) is 49.3 Å². The van der Waals surface area contributed by atoms with Crippen molar-refractivity contribution in [2.24, 2.45) is 5.73 Å². The number of aryl methyl sites for hydroxylation is 4. The second kappa shape index (κ2) is 33.2. The lowest BCUT2D eigenvalue weighted by molar-refractivity contribution is -0.0586. The van der Waals surface area contributed by atoms with Gasteiger partial charge in [-0.05, 0) is 103 Å². The van der Waals surface area contributed by atoms with Gasteiger partial charge in [0.25, 0.3) is 5.91 Å². The highest BCUT2D eigenvalue weighted by Gasteiger charge is 2.57. The number of carbonyl (C=O) groups excluding carboxylic acids is 1. The Balaban J connectivity index is 0.000000249. The molecule has 0 aliphatic rings. The van der Waals surface area contributed by atoms with E-state index >= 15 is 0 Å². The second-order valence-electron chi connectivity index (χ2n) is 17.9. The zero-order valence-corrected chi connectivity index (χ0v) is 51.8. The molecule has 0 bridgehead atoms. The molecule has 38 heteroatoms. The van der Waals surface area contributed by atoms with Crippen LogP contribution in [0, 0.1) is 27.7 Å². The average Bonchev–Trinajstić information content (AvgIpc) is 1.25. The van der Waals surface area contributed by atoms with Crippen LogP contribution in [-0.2, 0) is 34.0 Å². The number of para-hydroxylation sites is 4. The molecule has 94 heavy (non-hydrogen) atoms. The predicted molar refractivity (Wildman–Crippen MR) is 326 cm³/mol. The van der Waals surface area contributed by atoms with E-state index in [4.69, 9.17) is 15.9 Å². The van der Waals surface area contributed by atoms with Crippen LogP contribution in [0.2, 0.25) is 0 Å². The minimum atomic E-state index is -6.85. The maximum Gasteiger partial charge on any atom is 0.569 e. The molecule has 0 saturated heterocycles. The Morgan fingerprint density at radius 3 is 1.34 bits per heavy atom. The van der Waals surface area contributed by atoms with Crippen LogP contribution >= 0.6 is 15.9 Å². The lowest BCUT2D eigenvalue weighted by atomic mass is 9.99.